The van der Waals surface area contributed by atoms with Crippen LogP contribution in [0.4, 0.5) is 5.69 Å². The highest BCUT2D eigenvalue weighted by Gasteiger charge is 2.21. The zero-order valence-electron chi connectivity index (χ0n) is 17.3. The topological polar surface area (TPSA) is 68.1 Å². The summed E-state index contributed by atoms with van der Waals surface area (Å²) in [5, 5.41) is 3.52. The second kappa shape index (κ2) is 8.44. The zero-order valence-corrected chi connectivity index (χ0v) is 18.1. The van der Waals surface area contributed by atoms with Crippen LogP contribution in [-0.4, -0.2) is 48.6 Å². The highest BCUT2D eigenvalue weighted by atomic mass is 35.5. The van der Waals surface area contributed by atoms with Crippen LogP contribution in [-0.2, 0) is 4.79 Å². The molecule has 3 aromatic rings. The maximum Gasteiger partial charge on any atom is 0.217 e. The molecule has 0 aliphatic carbocycles. The van der Waals surface area contributed by atoms with E-state index in [2.05, 4.69) is 22.3 Å². The average Bonchev–Trinajstić information content (AvgIpc) is 3.17. The molecule has 1 aliphatic rings. The van der Waals surface area contributed by atoms with Gasteiger partial charge in [0.05, 0.1) is 24.9 Å². The van der Waals surface area contributed by atoms with E-state index < -0.39 is 0 Å². The molecule has 4 rings (SSSR count). The van der Waals surface area contributed by atoms with Crippen molar-refractivity contribution in [1.82, 2.24) is 14.7 Å². The van der Waals surface area contributed by atoms with Crippen molar-refractivity contribution in [2.75, 3.05) is 32.2 Å². The number of carbonyl (C=O) groups is 1. The van der Waals surface area contributed by atoms with E-state index in [4.69, 9.17) is 26.1 Å². The van der Waals surface area contributed by atoms with Crippen LogP contribution in [0.15, 0.2) is 36.7 Å². The highest BCUT2D eigenvalue weighted by molar-refractivity contribution is 6.32. The number of anilines is 1. The van der Waals surface area contributed by atoms with Crippen LogP contribution in [0.2, 0.25) is 5.02 Å². The Labute approximate surface area is 180 Å². The third-order valence-corrected chi connectivity index (χ3v) is 5.76. The molecule has 1 amide bonds. The molecular formula is C22H25ClN4O3. The van der Waals surface area contributed by atoms with Gasteiger partial charge in [-0.15, -0.1) is 0 Å². The Morgan fingerprint density at radius 1 is 1.17 bits per heavy atom. The van der Waals surface area contributed by atoms with Gasteiger partial charge in [0.25, 0.3) is 0 Å². The molecule has 1 N–H and O–H groups in total. The van der Waals surface area contributed by atoms with Crippen LogP contribution in [0, 0.1) is 0 Å². The lowest BCUT2D eigenvalue weighted by molar-refractivity contribution is -0.119. The van der Waals surface area contributed by atoms with Gasteiger partial charge < -0.3 is 24.1 Å². The molecule has 0 bridgehead atoms. The summed E-state index contributed by atoms with van der Waals surface area (Å²) in [6.45, 7) is 3.37. The Kier molecular flexibility index (Phi) is 5.72. The predicted octanol–water partition coefficient (Wildman–Crippen LogP) is 3.78. The number of fused-ring (bicyclic) bond motifs is 1. The number of imidazole rings is 1. The van der Waals surface area contributed by atoms with Gasteiger partial charge in [0.2, 0.25) is 5.91 Å². The number of piperidine rings is 1. The van der Waals surface area contributed by atoms with Crippen LogP contribution in [0.25, 0.3) is 16.9 Å². The van der Waals surface area contributed by atoms with E-state index in [-0.39, 0.29) is 11.9 Å². The lowest BCUT2D eigenvalue weighted by atomic mass is 10.0. The number of aromatic nitrogens is 2. The van der Waals surface area contributed by atoms with Gasteiger partial charge in [0.15, 0.2) is 0 Å². The summed E-state index contributed by atoms with van der Waals surface area (Å²) in [5.41, 5.74) is 3.56. The minimum Gasteiger partial charge on any atom is -0.496 e. The molecule has 1 aromatic carbocycles. The number of methoxy groups -OCH3 is 2. The number of hydrogen-bond donors (Lipinski definition) is 1. The quantitative estimate of drug-likeness (QED) is 0.669. The summed E-state index contributed by atoms with van der Waals surface area (Å²) in [6.07, 6.45) is 5.85. The summed E-state index contributed by atoms with van der Waals surface area (Å²) >= 11 is 6.33. The van der Waals surface area contributed by atoms with Crippen molar-refractivity contribution in [2.24, 2.45) is 0 Å². The molecule has 30 heavy (non-hydrogen) atoms. The number of pyridine rings is 1. The average molecular weight is 429 g/mol. The van der Waals surface area contributed by atoms with E-state index in [9.17, 15) is 4.79 Å². The second-order valence-electron chi connectivity index (χ2n) is 7.43. The third-order valence-electron chi connectivity index (χ3n) is 5.46. The maximum absolute atomic E-state index is 11.3. The first-order chi connectivity index (χ1) is 14.5. The molecule has 0 unspecified atom stereocenters. The number of rotatable bonds is 5. The van der Waals surface area contributed by atoms with Crippen molar-refractivity contribution in [3.63, 3.8) is 0 Å². The number of ether oxygens (including phenoxy) is 2. The molecule has 3 heterocycles. The normalized spacial score (nSPS) is 14.7. The smallest absolute Gasteiger partial charge is 0.217 e. The minimum atomic E-state index is 0.0360. The lowest BCUT2D eigenvalue weighted by Crippen LogP contribution is -2.44. The molecule has 0 spiro atoms. The van der Waals surface area contributed by atoms with Crippen molar-refractivity contribution < 1.29 is 14.3 Å². The number of benzene rings is 1. The Hall–Kier alpha value is -2.93. The number of carbonyl (C=O) groups excluding carboxylic acids is 1. The van der Waals surface area contributed by atoms with Gasteiger partial charge in [-0.25, -0.2) is 4.98 Å². The molecule has 158 valence electrons. The fourth-order valence-electron chi connectivity index (χ4n) is 3.93. The van der Waals surface area contributed by atoms with Gasteiger partial charge in [-0.2, -0.15) is 0 Å². The second-order valence-corrected chi connectivity index (χ2v) is 7.83. The Balaban J connectivity index is 1.60. The minimum absolute atomic E-state index is 0.0360. The molecule has 0 atom stereocenters. The van der Waals surface area contributed by atoms with E-state index in [0.717, 1.165) is 48.5 Å². The summed E-state index contributed by atoms with van der Waals surface area (Å²) in [6, 6.07) is 8.02. The summed E-state index contributed by atoms with van der Waals surface area (Å²) in [5.74, 6) is 1.25. The summed E-state index contributed by atoms with van der Waals surface area (Å²) < 4.78 is 12.8. The standard InChI is InChI=1S/C22H25ClN4O3/c1-14(28)24-15-4-7-26(8-5-15)16-6-9-27-13-19(25-22(27)10-16)17-11-18(23)21(30-3)12-20(17)29-2/h6,9-13,15H,4-5,7-8H2,1-3H3,(H,24,28). The molecule has 2 aromatic heterocycles. The molecule has 0 radical (unpaired) electrons. The van der Waals surface area contributed by atoms with E-state index >= 15 is 0 Å². The van der Waals surface area contributed by atoms with Crippen molar-refractivity contribution in [3.05, 3.63) is 41.7 Å². The number of nitrogens with one attached hydrogen (secondary N) is 1. The molecule has 8 heteroatoms. The van der Waals surface area contributed by atoms with Crippen molar-refractivity contribution in [2.45, 2.75) is 25.8 Å². The first-order valence-corrected chi connectivity index (χ1v) is 10.3. The van der Waals surface area contributed by atoms with Crippen LogP contribution in [0.1, 0.15) is 19.8 Å². The Morgan fingerprint density at radius 2 is 1.90 bits per heavy atom. The zero-order chi connectivity index (χ0) is 21.3. The molecule has 1 aliphatic heterocycles. The van der Waals surface area contributed by atoms with Crippen LogP contribution in [0.3, 0.4) is 0 Å². The molecule has 1 saturated heterocycles. The molecule has 0 saturated carbocycles. The molecule has 7 nitrogen and oxygen atoms in total. The SMILES string of the molecule is COc1cc(OC)c(-c2cn3ccc(N4CCC(NC(C)=O)CC4)cc3n2)cc1Cl. The summed E-state index contributed by atoms with van der Waals surface area (Å²) in [7, 11) is 3.19. The van der Waals surface area contributed by atoms with Crippen molar-refractivity contribution in [1.29, 1.82) is 0 Å². The Morgan fingerprint density at radius 3 is 2.57 bits per heavy atom. The fourth-order valence-corrected chi connectivity index (χ4v) is 4.17. The van der Waals surface area contributed by atoms with Gasteiger partial charge in [-0.3, -0.25) is 4.79 Å². The van der Waals surface area contributed by atoms with E-state index in [0.29, 0.717) is 16.5 Å². The lowest BCUT2D eigenvalue weighted by Gasteiger charge is -2.33. The number of amides is 1. The van der Waals surface area contributed by atoms with E-state index in [1.165, 1.54) is 0 Å². The highest BCUT2D eigenvalue weighted by Crippen LogP contribution is 2.38. The monoisotopic (exact) mass is 428 g/mol. The van der Waals surface area contributed by atoms with Crippen molar-refractivity contribution in [3.8, 4) is 22.8 Å². The number of halogens is 1. The number of nitrogens with zero attached hydrogens (tertiary/aromatic N) is 3. The van der Waals surface area contributed by atoms with E-state index in [1.807, 2.05) is 22.9 Å². The maximum atomic E-state index is 11.3. The first-order valence-electron chi connectivity index (χ1n) is 9.91. The number of hydrogen-bond acceptors (Lipinski definition) is 5. The van der Waals surface area contributed by atoms with Gasteiger partial charge in [0, 0.05) is 61.8 Å². The van der Waals surface area contributed by atoms with Crippen LogP contribution in [0.5, 0.6) is 11.5 Å². The third kappa shape index (κ3) is 4.03. The van der Waals surface area contributed by atoms with Crippen LogP contribution >= 0.6 is 11.6 Å². The van der Waals surface area contributed by atoms with Crippen molar-refractivity contribution >= 4 is 28.8 Å². The molecular weight excluding hydrogens is 404 g/mol. The van der Waals surface area contributed by atoms with Crippen LogP contribution < -0.4 is 19.7 Å². The Bertz CT molecular complexity index is 1070. The summed E-state index contributed by atoms with van der Waals surface area (Å²) in [4.78, 5) is 18.4. The van der Waals surface area contributed by atoms with Gasteiger partial charge >= 0.3 is 0 Å². The molecule has 1 fully saturated rings. The van der Waals surface area contributed by atoms with Gasteiger partial charge in [-0.1, -0.05) is 11.6 Å². The predicted molar refractivity (Wildman–Crippen MR) is 118 cm³/mol. The van der Waals surface area contributed by atoms with Gasteiger partial charge in [0.1, 0.15) is 17.1 Å². The van der Waals surface area contributed by atoms with E-state index in [1.54, 1.807) is 27.2 Å². The largest absolute Gasteiger partial charge is 0.496 e. The van der Waals surface area contributed by atoms with Gasteiger partial charge in [-0.05, 0) is 25.0 Å². The fraction of sp³-hybridized carbons (Fsp3) is 0.364. The first kappa shape index (κ1) is 20.3.